The van der Waals surface area contributed by atoms with E-state index in [-0.39, 0.29) is 0 Å². The minimum Gasteiger partial charge on any atom is -0.372 e. The molecule has 0 aromatic heterocycles. The lowest BCUT2D eigenvalue weighted by Gasteiger charge is -2.28. The molecule has 1 saturated heterocycles. The first kappa shape index (κ1) is 21.3. The molecule has 5 heteroatoms. The molecule has 1 aromatic carbocycles. The van der Waals surface area contributed by atoms with Crippen LogP contribution in [-0.2, 0) is 0 Å². The van der Waals surface area contributed by atoms with Crippen molar-refractivity contribution in [1.82, 2.24) is 14.5 Å². The summed E-state index contributed by atoms with van der Waals surface area (Å²) >= 11 is 1.89. The molecule has 1 aromatic rings. The maximum Gasteiger partial charge on any atom is 0.201 e. The summed E-state index contributed by atoms with van der Waals surface area (Å²) in [6.45, 7) is 20.0. The molecule has 2 heterocycles. The Bertz CT molecular complexity index is 1080. The predicted octanol–water partition coefficient (Wildman–Crippen LogP) is 4.36. The number of nitrogens with zero attached hydrogens (tertiary/aromatic N) is 4. The normalized spacial score (nSPS) is 15.5. The van der Waals surface area contributed by atoms with E-state index in [1.165, 1.54) is 31.7 Å². The van der Waals surface area contributed by atoms with Gasteiger partial charge in [-0.15, -0.1) is 11.3 Å². The fourth-order valence-corrected chi connectivity index (χ4v) is 5.78. The summed E-state index contributed by atoms with van der Waals surface area (Å²) in [7, 11) is 0. The van der Waals surface area contributed by atoms with Gasteiger partial charge in [-0.05, 0) is 64.8 Å². The molecule has 0 N–H and O–H groups in total. The van der Waals surface area contributed by atoms with Crippen molar-refractivity contribution < 1.29 is 0 Å². The second-order valence-corrected chi connectivity index (χ2v) is 9.81. The van der Waals surface area contributed by atoms with Crippen molar-refractivity contribution in [2.75, 3.05) is 44.2 Å². The maximum absolute atomic E-state index is 5.12. The second-order valence-electron chi connectivity index (χ2n) is 8.72. The van der Waals surface area contributed by atoms with Crippen molar-refractivity contribution in [2.45, 2.75) is 47.6 Å². The van der Waals surface area contributed by atoms with Crippen LogP contribution in [-0.4, -0.2) is 55.2 Å². The van der Waals surface area contributed by atoms with Crippen LogP contribution in [0.15, 0.2) is 24.3 Å². The van der Waals surface area contributed by atoms with Gasteiger partial charge in [-0.2, -0.15) is 0 Å². The Hall–Kier alpha value is -1.98. The van der Waals surface area contributed by atoms with E-state index >= 15 is 0 Å². The Labute approximate surface area is 184 Å². The molecule has 160 valence electrons. The third-order valence-electron chi connectivity index (χ3n) is 6.48. The summed E-state index contributed by atoms with van der Waals surface area (Å²) in [5.74, 6) is 0. The quantitative estimate of drug-likeness (QED) is 0.460. The number of rotatable bonds is 4. The van der Waals surface area contributed by atoms with E-state index in [1.807, 2.05) is 11.3 Å². The van der Waals surface area contributed by atoms with Crippen LogP contribution in [0.1, 0.15) is 38.8 Å². The van der Waals surface area contributed by atoms with Gasteiger partial charge in [-0.3, -0.25) is 4.90 Å². The second kappa shape index (κ2) is 8.64. The maximum atomic E-state index is 5.12. The van der Waals surface area contributed by atoms with Crippen molar-refractivity contribution in [3.05, 3.63) is 40.7 Å². The number of benzene rings is 2. The van der Waals surface area contributed by atoms with Crippen LogP contribution in [0.25, 0.3) is 20.8 Å². The Morgan fingerprint density at radius 1 is 1.03 bits per heavy atom. The summed E-state index contributed by atoms with van der Waals surface area (Å²) < 4.78 is 3.82. The zero-order valence-electron chi connectivity index (χ0n) is 19.3. The summed E-state index contributed by atoms with van der Waals surface area (Å²) in [6.07, 6.45) is 0. The third-order valence-corrected chi connectivity index (χ3v) is 7.54. The fourth-order valence-electron chi connectivity index (χ4n) is 4.58. The van der Waals surface area contributed by atoms with Crippen LogP contribution in [0.2, 0.25) is 0 Å². The summed E-state index contributed by atoms with van der Waals surface area (Å²) in [4.78, 5) is 11.4. The molecule has 0 spiro atoms. The highest BCUT2D eigenvalue weighted by Crippen LogP contribution is 2.35. The fraction of sp³-hybridized carbons (Fsp3) is 0.520. The number of anilines is 1. The first-order valence-corrected chi connectivity index (χ1v) is 12.2. The molecule has 0 amide bonds. The topological polar surface area (TPSA) is 22.4 Å². The molecule has 4 rings (SSSR count). The van der Waals surface area contributed by atoms with Gasteiger partial charge in [0.15, 0.2) is 13.1 Å². The summed E-state index contributed by atoms with van der Waals surface area (Å²) in [5, 5.41) is 1.34. The molecule has 30 heavy (non-hydrogen) atoms. The molecular formula is C25H35N4S+. The van der Waals surface area contributed by atoms with Crippen LogP contribution in [0.4, 0.5) is 5.69 Å². The zero-order chi connectivity index (χ0) is 21.4. The van der Waals surface area contributed by atoms with E-state index < -0.39 is 0 Å². The van der Waals surface area contributed by atoms with E-state index in [9.17, 15) is 0 Å². The molecule has 0 radical (unpaired) electrons. The number of aromatic nitrogens is 1. The monoisotopic (exact) mass is 423 g/mol. The van der Waals surface area contributed by atoms with E-state index in [1.54, 1.807) is 0 Å². The number of aryl methyl sites for hydroxylation is 2. The first-order chi connectivity index (χ1) is 14.4. The van der Waals surface area contributed by atoms with E-state index in [2.05, 4.69) is 80.2 Å². The lowest BCUT2D eigenvalue weighted by molar-refractivity contribution is 0.181. The first-order valence-electron chi connectivity index (χ1n) is 11.3. The van der Waals surface area contributed by atoms with E-state index in [4.69, 9.17) is 4.98 Å². The molecule has 1 fully saturated rings. The molecule has 0 atom stereocenters. The van der Waals surface area contributed by atoms with Gasteiger partial charge in [0.25, 0.3) is 0 Å². The smallest absolute Gasteiger partial charge is 0.201 e. The Balaban J connectivity index is 1.83. The highest BCUT2D eigenvalue weighted by molar-refractivity contribution is 7.21. The molecule has 4 nitrogen and oxygen atoms in total. The van der Waals surface area contributed by atoms with Crippen LogP contribution < -0.4 is 14.8 Å². The van der Waals surface area contributed by atoms with Crippen LogP contribution >= 0.6 is 11.3 Å². The lowest BCUT2D eigenvalue weighted by Crippen LogP contribution is -2.50. The van der Waals surface area contributed by atoms with Gasteiger partial charge in [-0.25, -0.2) is 9.56 Å². The van der Waals surface area contributed by atoms with Gasteiger partial charge >= 0.3 is 0 Å². The van der Waals surface area contributed by atoms with Gasteiger partial charge < -0.3 is 4.90 Å². The lowest BCUT2D eigenvalue weighted by atomic mass is 10.1. The van der Waals surface area contributed by atoms with Crippen molar-refractivity contribution in [2.24, 2.45) is 0 Å². The highest BCUT2D eigenvalue weighted by Gasteiger charge is 2.22. The molecule has 3 aliphatic rings. The molecule has 0 bridgehead atoms. The summed E-state index contributed by atoms with van der Waals surface area (Å²) in [6, 6.07) is 9.95. The van der Waals surface area contributed by atoms with Crippen molar-refractivity contribution in [3.63, 3.8) is 0 Å². The van der Waals surface area contributed by atoms with Crippen LogP contribution in [0.3, 0.4) is 0 Å². The number of hydrogen-bond donors (Lipinski definition) is 0. The van der Waals surface area contributed by atoms with E-state index in [0.29, 0.717) is 6.04 Å². The Morgan fingerprint density at radius 3 is 2.37 bits per heavy atom. The largest absolute Gasteiger partial charge is 0.372 e. The molecule has 0 saturated carbocycles. The molecule has 0 unspecified atom stereocenters. The Morgan fingerprint density at radius 2 is 1.73 bits per heavy atom. The highest BCUT2D eigenvalue weighted by atomic mass is 32.1. The minimum absolute atomic E-state index is 0.631. The third kappa shape index (κ3) is 3.97. The Kier molecular flexibility index (Phi) is 6.12. The molecular weight excluding hydrogens is 388 g/mol. The van der Waals surface area contributed by atoms with Crippen LogP contribution in [0.5, 0.6) is 0 Å². The van der Waals surface area contributed by atoms with Gasteiger partial charge in [0.2, 0.25) is 5.36 Å². The summed E-state index contributed by atoms with van der Waals surface area (Å²) in [5.41, 5.74) is 6.14. The standard InChI is InChI=1S/C25H35N4S/c1-7-27(8-2)20-13-18(5)24-22(15-20)30-23-16-21(14-19(6)25(23)26-24)29-11-9-28(10-12-29)17(3)4/h13-17H,7-12H2,1-6H3/q+1. The average Bonchev–Trinajstić information content (AvgIpc) is 2.73. The van der Waals surface area contributed by atoms with Gasteiger partial charge in [0, 0.05) is 37.0 Å². The van der Waals surface area contributed by atoms with Gasteiger partial charge in [0.05, 0.1) is 33.9 Å². The number of fused-ring (bicyclic) bond motifs is 2. The van der Waals surface area contributed by atoms with Gasteiger partial charge in [0.1, 0.15) is 0 Å². The van der Waals surface area contributed by atoms with Crippen molar-refractivity contribution in [3.8, 4) is 10.6 Å². The molecule has 2 aliphatic heterocycles. The number of hydrogen-bond acceptors (Lipinski definition) is 4. The minimum atomic E-state index is 0.631. The average molecular weight is 424 g/mol. The van der Waals surface area contributed by atoms with Crippen LogP contribution in [0, 0.1) is 13.8 Å². The zero-order valence-corrected chi connectivity index (χ0v) is 20.1. The molecule has 1 aliphatic carbocycles. The van der Waals surface area contributed by atoms with Gasteiger partial charge in [-0.1, -0.05) is 0 Å². The number of piperazine rings is 1. The van der Waals surface area contributed by atoms with E-state index in [0.717, 1.165) is 50.5 Å². The SMILES string of the molecule is CCN(CC)c1cc(C)c2nc3c(C)cc(=[N+]4CCN(C(C)C)CC4)cc-3sc2c1. The predicted molar refractivity (Wildman–Crippen MR) is 131 cm³/mol. The van der Waals surface area contributed by atoms with Crippen molar-refractivity contribution in [1.29, 1.82) is 0 Å². The van der Waals surface area contributed by atoms with Crippen molar-refractivity contribution >= 4 is 27.2 Å².